The fraction of sp³-hybridized carbons (Fsp3) is 0.467. The second kappa shape index (κ2) is 6.44. The minimum atomic E-state index is 0.824. The molecule has 2 aliphatic rings. The lowest BCUT2D eigenvalue weighted by atomic mass is 10.2. The van der Waals surface area contributed by atoms with Crippen molar-refractivity contribution in [3.8, 4) is 5.75 Å². The van der Waals surface area contributed by atoms with Gasteiger partial charge in [-0.1, -0.05) is 17.4 Å². The normalized spacial score (nSPS) is 18.8. The number of fused-ring (bicyclic) bond motifs is 1. The third-order valence-electron chi connectivity index (χ3n) is 4.00. The Morgan fingerprint density at radius 1 is 1.18 bits per heavy atom. The highest BCUT2D eigenvalue weighted by Gasteiger charge is 2.19. The van der Waals surface area contributed by atoms with Crippen molar-refractivity contribution in [2.45, 2.75) is 11.4 Å². The van der Waals surface area contributed by atoms with Crippen molar-refractivity contribution >= 4 is 28.2 Å². The van der Waals surface area contributed by atoms with E-state index in [1.807, 2.05) is 11.8 Å². The number of nitrogens with zero attached hydrogens (tertiary/aromatic N) is 4. The van der Waals surface area contributed by atoms with E-state index in [2.05, 4.69) is 38.2 Å². The van der Waals surface area contributed by atoms with Gasteiger partial charge in [0.25, 0.3) is 0 Å². The number of piperazine rings is 1. The Morgan fingerprint density at radius 2 is 2.09 bits per heavy atom. The monoisotopic (exact) mass is 334 g/mol. The summed E-state index contributed by atoms with van der Waals surface area (Å²) in [4.78, 5) is 6.12. The summed E-state index contributed by atoms with van der Waals surface area (Å²) in [5.74, 6) is 2.10. The van der Waals surface area contributed by atoms with E-state index in [9.17, 15) is 0 Å². The molecule has 0 radical (unpaired) electrons. The molecule has 1 fully saturated rings. The molecule has 0 amide bonds. The minimum Gasteiger partial charge on any atom is -0.492 e. The molecule has 0 unspecified atom stereocenters. The van der Waals surface area contributed by atoms with E-state index in [1.54, 1.807) is 16.8 Å². The van der Waals surface area contributed by atoms with Crippen molar-refractivity contribution in [1.29, 1.82) is 0 Å². The first-order valence-electron chi connectivity index (χ1n) is 7.50. The van der Waals surface area contributed by atoms with E-state index in [-0.39, 0.29) is 0 Å². The van der Waals surface area contributed by atoms with Crippen molar-refractivity contribution in [2.24, 2.45) is 0 Å². The summed E-state index contributed by atoms with van der Waals surface area (Å²) in [7, 11) is 0. The van der Waals surface area contributed by atoms with Gasteiger partial charge in [0.15, 0.2) is 0 Å². The number of anilines is 1. The first-order chi connectivity index (χ1) is 10.9. The number of thioether (sulfide) groups is 1. The summed E-state index contributed by atoms with van der Waals surface area (Å²) in [5.41, 5.74) is 3.18. The van der Waals surface area contributed by atoms with Crippen LogP contribution in [-0.4, -0.2) is 53.6 Å². The van der Waals surface area contributed by atoms with Crippen molar-refractivity contribution in [3.05, 3.63) is 29.3 Å². The lowest BCUT2D eigenvalue weighted by Crippen LogP contribution is -2.45. The van der Waals surface area contributed by atoms with Crippen molar-refractivity contribution < 1.29 is 4.74 Å². The van der Waals surface area contributed by atoms with Crippen molar-refractivity contribution in [3.63, 3.8) is 0 Å². The summed E-state index contributed by atoms with van der Waals surface area (Å²) in [5, 5.41) is 9.12. The molecule has 116 valence electrons. The second-order valence-corrected chi connectivity index (χ2v) is 7.41. The fourth-order valence-corrected chi connectivity index (χ4v) is 4.35. The van der Waals surface area contributed by atoms with Crippen LogP contribution in [0.15, 0.2) is 28.6 Å². The van der Waals surface area contributed by atoms with Crippen LogP contribution in [0.4, 0.5) is 5.13 Å². The lowest BCUT2D eigenvalue weighted by molar-refractivity contribution is 0.249. The minimum absolute atomic E-state index is 0.824. The van der Waals surface area contributed by atoms with Gasteiger partial charge in [0, 0.05) is 43.4 Å². The molecule has 22 heavy (non-hydrogen) atoms. The van der Waals surface area contributed by atoms with Gasteiger partial charge in [-0.25, -0.2) is 0 Å². The van der Waals surface area contributed by atoms with Gasteiger partial charge in [-0.3, -0.25) is 4.90 Å². The van der Waals surface area contributed by atoms with Crippen LogP contribution < -0.4 is 9.64 Å². The van der Waals surface area contributed by atoms with E-state index in [0.717, 1.165) is 56.0 Å². The van der Waals surface area contributed by atoms with E-state index < -0.39 is 0 Å². The van der Waals surface area contributed by atoms with E-state index >= 15 is 0 Å². The lowest BCUT2D eigenvalue weighted by Gasteiger charge is -2.34. The topological polar surface area (TPSA) is 41.5 Å². The first kappa shape index (κ1) is 14.3. The average molecular weight is 334 g/mol. The second-order valence-electron chi connectivity index (χ2n) is 5.46. The molecule has 0 aliphatic carbocycles. The predicted octanol–water partition coefficient (Wildman–Crippen LogP) is 2.34. The van der Waals surface area contributed by atoms with Crippen LogP contribution in [0.3, 0.4) is 0 Å². The Labute approximate surface area is 138 Å². The van der Waals surface area contributed by atoms with Crippen LogP contribution in [-0.2, 0) is 6.54 Å². The zero-order chi connectivity index (χ0) is 14.8. The predicted molar refractivity (Wildman–Crippen MR) is 90.1 cm³/mol. The van der Waals surface area contributed by atoms with Crippen molar-refractivity contribution in [2.75, 3.05) is 43.4 Å². The molecule has 0 saturated carbocycles. The van der Waals surface area contributed by atoms with Crippen molar-refractivity contribution in [1.82, 2.24) is 15.1 Å². The highest BCUT2D eigenvalue weighted by molar-refractivity contribution is 7.99. The zero-order valence-corrected chi connectivity index (χ0v) is 13.9. The van der Waals surface area contributed by atoms with Crippen LogP contribution in [0, 0.1) is 0 Å². The number of benzene rings is 1. The summed E-state index contributed by atoms with van der Waals surface area (Å²) < 4.78 is 5.67. The standard InChI is InChI=1S/C15H18N4OS2/c1-2-13-14(21-8-7-20-13)9-12(1)10-18-3-5-19(6-4-18)15-17-16-11-22-15/h1-2,9,11H,3-8,10H2. The van der Waals surface area contributed by atoms with Crippen LogP contribution in [0.25, 0.3) is 0 Å². The summed E-state index contributed by atoms with van der Waals surface area (Å²) in [6.45, 7) is 6.03. The highest BCUT2D eigenvalue weighted by Crippen LogP contribution is 2.34. The molecular weight excluding hydrogens is 316 g/mol. The largest absolute Gasteiger partial charge is 0.492 e. The molecule has 0 atom stereocenters. The Morgan fingerprint density at radius 3 is 2.91 bits per heavy atom. The molecule has 1 aromatic carbocycles. The molecule has 0 N–H and O–H groups in total. The molecular formula is C15H18N4OS2. The summed E-state index contributed by atoms with van der Waals surface area (Å²) >= 11 is 3.52. The Bertz CT molecular complexity index is 626. The molecule has 1 aromatic heterocycles. The number of rotatable bonds is 3. The number of ether oxygens (including phenoxy) is 1. The van der Waals surface area contributed by atoms with Gasteiger partial charge in [0.1, 0.15) is 11.3 Å². The third-order valence-corrected chi connectivity index (χ3v) is 5.76. The summed E-state index contributed by atoms with van der Waals surface area (Å²) in [6.07, 6.45) is 0. The number of hydrogen-bond donors (Lipinski definition) is 0. The van der Waals surface area contributed by atoms with E-state index in [1.165, 1.54) is 10.5 Å². The van der Waals surface area contributed by atoms with Gasteiger partial charge < -0.3 is 9.64 Å². The molecule has 7 heteroatoms. The van der Waals surface area contributed by atoms with Crippen LogP contribution in [0.1, 0.15) is 5.56 Å². The Hall–Kier alpha value is -1.31. The molecule has 0 spiro atoms. The fourth-order valence-electron chi connectivity index (χ4n) is 2.85. The molecule has 3 heterocycles. The van der Waals surface area contributed by atoms with Gasteiger partial charge in [-0.2, -0.15) is 0 Å². The summed E-state index contributed by atoms with van der Waals surface area (Å²) in [6, 6.07) is 6.60. The SMILES string of the molecule is c1nnc(N2CCN(Cc3ccc4c(c3)SCCO4)CC2)s1. The van der Waals surface area contributed by atoms with E-state index in [4.69, 9.17) is 4.74 Å². The molecule has 2 aliphatic heterocycles. The first-order valence-corrected chi connectivity index (χ1v) is 9.37. The zero-order valence-electron chi connectivity index (χ0n) is 12.3. The third kappa shape index (κ3) is 3.06. The smallest absolute Gasteiger partial charge is 0.208 e. The molecule has 0 bridgehead atoms. The van der Waals surface area contributed by atoms with Crippen LogP contribution in [0.5, 0.6) is 5.75 Å². The average Bonchev–Trinajstić information content (AvgIpc) is 3.10. The maximum atomic E-state index is 5.67. The van der Waals surface area contributed by atoms with Gasteiger partial charge in [0.05, 0.1) is 6.61 Å². The number of aromatic nitrogens is 2. The highest BCUT2D eigenvalue weighted by atomic mass is 32.2. The molecule has 4 rings (SSSR count). The quantitative estimate of drug-likeness (QED) is 0.858. The molecule has 5 nitrogen and oxygen atoms in total. The molecule has 1 saturated heterocycles. The maximum absolute atomic E-state index is 5.67. The van der Waals surface area contributed by atoms with E-state index in [0.29, 0.717) is 0 Å². The van der Waals surface area contributed by atoms with Crippen LogP contribution in [0.2, 0.25) is 0 Å². The van der Waals surface area contributed by atoms with Gasteiger partial charge in [-0.15, -0.1) is 22.0 Å². The van der Waals surface area contributed by atoms with Crippen LogP contribution >= 0.6 is 23.1 Å². The van der Waals surface area contributed by atoms with Gasteiger partial charge >= 0.3 is 0 Å². The van der Waals surface area contributed by atoms with Gasteiger partial charge in [-0.05, 0) is 17.7 Å². The van der Waals surface area contributed by atoms with Gasteiger partial charge in [0.2, 0.25) is 5.13 Å². The Balaban J connectivity index is 1.36. The molecule has 2 aromatic rings. The maximum Gasteiger partial charge on any atom is 0.208 e. The number of hydrogen-bond acceptors (Lipinski definition) is 7. The Kier molecular flexibility index (Phi) is 4.18.